The Morgan fingerprint density at radius 3 is 2.67 bits per heavy atom. The van der Waals surface area contributed by atoms with E-state index in [0.29, 0.717) is 26.3 Å². The molecule has 1 atom stereocenters. The molecule has 0 aliphatic carbocycles. The van der Waals surface area contributed by atoms with E-state index >= 15 is 0 Å². The van der Waals surface area contributed by atoms with Gasteiger partial charge in [0.05, 0.1) is 13.2 Å². The number of nitrogens with zero attached hydrogens (tertiary/aromatic N) is 2. The first-order chi connectivity index (χ1) is 8.57. The van der Waals surface area contributed by atoms with Crippen LogP contribution >= 0.6 is 0 Å². The van der Waals surface area contributed by atoms with Crippen molar-refractivity contribution in [2.24, 2.45) is 5.92 Å². The Kier molecular flexibility index (Phi) is 3.69. The van der Waals surface area contributed by atoms with Crippen LogP contribution in [0.2, 0.25) is 0 Å². The van der Waals surface area contributed by atoms with Crippen LogP contribution in [0, 0.1) is 17.8 Å². The first kappa shape index (κ1) is 13.1. The molecule has 1 unspecified atom stereocenters. The minimum atomic E-state index is -0.320. The largest absolute Gasteiger partial charge is 0.375 e. The summed E-state index contributed by atoms with van der Waals surface area (Å²) in [5.74, 6) is 5.50. The van der Waals surface area contributed by atoms with Crippen LogP contribution in [0.4, 0.5) is 0 Å². The maximum Gasteiger partial charge on any atom is 0.298 e. The number of rotatable bonds is 2. The summed E-state index contributed by atoms with van der Waals surface area (Å²) in [4.78, 5) is 26.2. The maximum absolute atomic E-state index is 11.9. The number of hydrogen-bond donors (Lipinski definition) is 0. The Morgan fingerprint density at radius 1 is 1.50 bits per heavy atom. The third-order valence-corrected chi connectivity index (χ3v) is 3.64. The van der Waals surface area contributed by atoms with Gasteiger partial charge in [-0.2, -0.15) is 0 Å². The minimum absolute atomic E-state index is 0.0226. The van der Waals surface area contributed by atoms with Crippen molar-refractivity contribution in [3.63, 3.8) is 0 Å². The Bertz CT molecular complexity index is 404. The van der Waals surface area contributed by atoms with Gasteiger partial charge in [0.1, 0.15) is 11.8 Å². The standard InChI is InChI=1S/C13H18N2O3/c1-14(2)13(9-18-10-13)5-3-12(17)15-6-4-11(7-15)8-16/h8,11H,4,6-7,9-10H2,1-2H3. The number of likely N-dealkylation sites (tertiary alicyclic amines) is 1. The van der Waals surface area contributed by atoms with E-state index in [9.17, 15) is 9.59 Å². The number of ether oxygens (including phenoxy) is 1. The number of likely N-dealkylation sites (N-methyl/N-ethyl adjacent to an activating group) is 1. The van der Waals surface area contributed by atoms with Crippen molar-refractivity contribution in [1.29, 1.82) is 0 Å². The Morgan fingerprint density at radius 2 is 2.22 bits per heavy atom. The minimum Gasteiger partial charge on any atom is -0.375 e. The predicted octanol–water partition coefficient (Wildman–Crippen LogP) is -0.632. The molecule has 1 amide bonds. The molecule has 18 heavy (non-hydrogen) atoms. The summed E-state index contributed by atoms with van der Waals surface area (Å²) >= 11 is 0. The first-order valence-electron chi connectivity index (χ1n) is 6.10. The number of carbonyl (C=O) groups excluding carboxylic acids is 2. The smallest absolute Gasteiger partial charge is 0.298 e. The highest BCUT2D eigenvalue weighted by Crippen LogP contribution is 2.21. The third-order valence-electron chi connectivity index (χ3n) is 3.64. The van der Waals surface area contributed by atoms with Gasteiger partial charge in [-0.05, 0) is 26.4 Å². The fourth-order valence-corrected chi connectivity index (χ4v) is 2.07. The van der Waals surface area contributed by atoms with E-state index in [1.165, 1.54) is 0 Å². The van der Waals surface area contributed by atoms with Crippen molar-refractivity contribution < 1.29 is 14.3 Å². The molecule has 2 rings (SSSR count). The molecule has 2 saturated heterocycles. The van der Waals surface area contributed by atoms with Crippen molar-refractivity contribution in [3.8, 4) is 11.8 Å². The summed E-state index contributed by atoms with van der Waals surface area (Å²) in [6.45, 7) is 2.21. The highest BCUT2D eigenvalue weighted by molar-refractivity contribution is 5.94. The van der Waals surface area contributed by atoms with Crippen LogP contribution in [0.15, 0.2) is 0 Å². The molecule has 2 aliphatic rings. The Balaban J connectivity index is 1.98. The molecule has 0 N–H and O–H groups in total. The van der Waals surface area contributed by atoms with Crippen molar-refractivity contribution in [2.45, 2.75) is 12.0 Å². The summed E-state index contributed by atoms with van der Waals surface area (Å²) < 4.78 is 5.18. The Labute approximate surface area is 107 Å². The normalized spacial score (nSPS) is 25.3. The fourth-order valence-electron chi connectivity index (χ4n) is 2.07. The van der Waals surface area contributed by atoms with Crippen LogP contribution < -0.4 is 0 Å². The van der Waals surface area contributed by atoms with Gasteiger partial charge in [-0.1, -0.05) is 5.92 Å². The van der Waals surface area contributed by atoms with Crippen LogP contribution in [-0.2, 0) is 14.3 Å². The molecular weight excluding hydrogens is 232 g/mol. The molecule has 0 saturated carbocycles. The van der Waals surface area contributed by atoms with Crippen molar-refractivity contribution in [3.05, 3.63) is 0 Å². The molecule has 98 valence electrons. The van der Waals surface area contributed by atoms with Gasteiger partial charge in [0.2, 0.25) is 0 Å². The van der Waals surface area contributed by atoms with Crippen molar-refractivity contribution in [1.82, 2.24) is 9.80 Å². The molecule has 0 aromatic heterocycles. The molecular formula is C13H18N2O3. The summed E-state index contributed by atoms with van der Waals surface area (Å²) in [7, 11) is 3.86. The molecule has 0 aromatic carbocycles. The van der Waals surface area contributed by atoms with E-state index in [-0.39, 0.29) is 17.4 Å². The van der Waals surface area contributed by atoms with Crippen LogP contribution in [0.1, 0.15) is 6.42 Å². The summed E-state index contributed by atoms with van der Waals surface area (Å²) in [5, 5.41) is 0. The molecule has 2 heterocycles. The average molecular weight is 250 g/mol. The maximum atomic E-state index is 11.9. The predicted molar refractivity (Wildman–Crippen MR) is 65.8 cm³/mol. The molecule has 2 aliphatic heterocycles. The van der Waals surface area contributed by atoms with Crippen LogP contribution in [-0.4, -0.2) is 67.9 Å². The van der Waals surface area contributed by atoms with Gasteiger partial charge >= 0.3 is 0 Å². The third kappa shape index (κ3) is 2.40. The zero-order chi connectivity index (χ0) is 13.2. The van der Waals surface area contributed by atoms with Crippen LogP contribution in [0.25, 0.3) is 0 Å². The lowest BCUT2D eigenvalue weighted by atomic mass is 9.97. The molecule has 0 spiro atoms. The van der Waals surface area contributed by atoms with E-state index in [0.717, 1.165) is 12.7 Å². The summed E-state index contributed by atoms with van der Waals surface area (Å²) in [6.07, 6.45) is 1.67. The fraction of sp³-hybridized carbons (Fsp3) is 0.692. The van der Waals surface area contributed by atoms with Gasteiger partial charge in [0, 0.05) is 19.0 Å². The van der Waals surface area contributed by atoms with Gasteiger partial charge in [0.15, 0.2) is 0 Å². The molecule has 0 bridgehead atoms. The highest BCUT2D eigenvalue weighted by Gasteiger charge is 2.39. The number of amides is 1. The van der Waals surface area contributed by atoms with E-state index in [4.69, 9.17) is 4.74 Å². The number of aldehydes is 1. The van der Waals surface area contributed by atoms with Gasteiger partial charge in [-0.15, -0.1) is 0 Å². The van der Waals surface area contributed by atoms with Crippen molar-refractivity contribution >= 4 is 12.2 Å². The first-order valence-corrected chi connectivity index (χ1v) is 6.10. The van der Waals surface area contributed by atoms with E-state index < -0.39 is 0 Å². The van der Waals surface area contributed by atoms with E-state index in [1.54, 1.807) is 4.90 Å². The molecule has 5 nitrogen and oxygen atoms in total. The quantitative estimate of drug-likeness (QED) is 0.483. The molecule has 0 radical (unpaired) electrons. The molecule has 5 heteroatoms. The summed E-state index contributed by atoms with van der Waals surface area (Å²) in [5.41, 5.74) is -0.320. The summed E-state index contributed by atoms with van der Waals surface area (Å²) in [6, 6.07) is 0. The van der Waals surface area contributed by atoms with Crippen LogP contribution in [0.5, 0.6) is 0 Å². The second-order valence-electron chi connectivity index (χ2n) is 5.10. The lowest BCUT2D eigenvalue weighted by Crippen LogP contribution is -2.58. The second kappa shape index (κ2) is 5.09. The molecule has 0 aromatic rings. The van der Waals surface area contributed by atoms with Crippen LogP contribution in [0.3, 0.4) is 0 Å². The Hall–Kier alpha value is -1.38. The van der Waals surface area contributed by atoms with Crippen molar-refractivity contribution in [2.75, 3.05) is 40.4 Å². The second-order valence-corrected chi connectivity index (χ2v) is 5.10. The number of hydrogen-bond acceptors (Lipinski definition) is 4. The highest BCUT2D eigenvalue weighted by atomic mass is 16.5. The van der Waals surface area contributed by atoms with Gasteiger partial charge < -0.3 is 14.4 Å². The SMILES string of the molecule is CN(C)C1(C#CC(=O)N2CCC(C=O)C2)COC1. The van der Waals surface area contributed by atoms with E-state index in [2.05, 4.69) is 11.8 Å². The monoisotopic (exact) mass is 250 g/mol. The average Bonchev–Trinajstić information content (AvgIpc) is 2.75. The van der Waals surface area contributed by atoms with E-state index in [1.807, 2.05) is 19.0 Å². The van der Waals surface area contributed by atoms with Gasteiger partial charge in [-0.25, -0.2) is 0 Å². The van der Waals surface area contributed by atoms with Gasteiger partial charge in [0.25, 0.3) is 5.91 Å². The zero-order valence-corrected chi connectivity index (χ0v) is 10.8. The molecule has 2 fully saturated rings. The lowest BCUT2D eigenvalue weighted by molar-refractivity contribution is -0.124. The lowest BCUT2D eigenvalue weighted by Gasteiger charge is -2.42. The zero-order valence-electron chi connectivity index (χ0n) is 10.8. The number of carbonyl (C=O) groups is 2. The van der Waals surface area contributed by atoms with Gasteiger partial charge in [-0.3, -0.25) is 9.69 Å². The topological polar surface area (TPSA) is 49.9 Å².